The number of aromatic nitrogens is 1. The fraction of sp³-hybridized carbons (Fsp3) is 0.583. The van der Waals surface area contributed by atoms with Gasteiger partial charge in [-0.05, 0) is 36.6 Å². The molecule has 2 nitrogen and oxygen atoms in total. The van der Waals surface area contributed by atoms with Crippen LogP contribution >= 0.6 is 0 Å². The maximum absolute atomic E-state index is 4.16. The van der Waals surface area contributed by atoms with E-state index in [1.165, 1.54) is 5.56 Å². The topological polar surface area (TPSA) is 24.9 Å². The van der Waals surface area contributed by atoms with Crippen molar-refractivity contribution in [1.29, 1.82) is 0 Å². The van der Waals surface area contributed by atoms with Crippen LogP contribution in [0.4, 0.5) is 0 Å². The van der Waals surface area contributed by atoms with Gasteiger partial charge < -0.3 is 5.32 Å². The zero-order valence-electron chi connectivity index (χ0n) is 9.38. The highest BCUT2D eigenvalue weighted by Gasteiger charge is 2.19. The third-order valence-electron chi connectivity index (χ3n) is 2.62. The molecule has 0 unspecified atom stereocenters. The maximum Gasteiger partial charge on any atom is 0.0305 e. The molecule has 2 heteroatoms. The largest absolute Gasteiger partial charge is 0.317 e. The lowest BCUT2D eigenvalue weighted by Crippen LogP contribution is -2.25. The molecule has 0 radical (unpaired) electrons. The van der Waals surface area contributed by atoms with E-state index in [9.17, 15) is 0 Å². The van der Waals surface area contributed by atoms with Gasteiger partial charge in [-0.25, -0.2) is 0 Å². The molecule has 1 N–H and O–H groups in total. The van der Waals surface area contributed by atoms with Gasteiger partial charge in [0.05, 0.1) is 0 Å². The van der Waals surface area contributed by atoms with E-state index in [1.807, 2.05) is 18.5 Å². The average Bonchev–Trinajstić information content (AvgIpc) is 2.19. The minimum Gasteiger partial charge on any atom is -0.317 e. The van der Waals surface area contributed by atoms with Crippen LogP contribution in [0.3, 0.4) is 0 Å². The SMILES string of the molecule is CCNCCC(C)(C)c1cccnc1. The van der Waals surface area contributed by atoms with E-state index < -0.39 is 0 Å². The fourth-order valence-electron chi connectivity index (χ4n) is 1.49. The maximum atomic E-state index is 4.16. The Labute approximate surface area is 86.8 Å². The highest BCUT2D eigenvalue weighted by Crippen LogP contribution is 2.25. The molecule has 0 aliphatic rings. The average molecular weight is 192 g/mol. The van der Waals surface area contributed by atoms with E-state index in [4.69, 9.17) is 0 Å². The van der Waals surface area contributed by atoms with Crippen LogP contribution in [0.25, 0.3) is 0 Å². The van der Waals surface area contributed by atoms with Crippen LogP contribution in [0.2, 0.25) is 0 Å². The number of nitrogens with zero attached hydrogens (tertiary/aromatic N) is 1. The van der Waals surface area contributed by atoms with Crippen molar-refractivity contribution in [3.8, 4) is 0 Å². The Morgan fingerprint density at radius 1 is 1.43 bits per heavy atom. The third-order valence-corrected chi connectivity index (χ3v) is 2.62. The third kappa shape index (κ3) is 3.11. The normalized spacial score (nSPS) is 11.6. The van der Waals surface area contributed by atoms with Crippen LogP contribution in [-0.2, 0) is 5.41 Å². The summed E-state index contributed by atoms with van der Waals surface area (Å²) in [7, 11) is 0. The van der Waals surface area contributed by atoms with Gasteiger partial charge in [0, 0.05) is 12.4 Å². The van der Waals surface area contributed by atoms with Crippen molar-refractivity contribution in [2.75, 3.05) is 13.1 Å². The van der Waals surface area contributed by atoms with Gasteiger partial charge in [0.15, 0.2) is 0 Å². The van der Waals surface area contributed by atoms with Crippen molar-refractivity contribution >= 4 is 0 Å². The summed E-state index contributed by atoms with van der Waals surface area (Å²) in [5.41, 5.74) is 1.54. The summed E-state index contributed by atoms with van der Waals surface area (Å²) in [6.45, 7) is 8.78. The molecular weight excluding hydrogens is 172 g/mol. The Bertz CT molecular complexity index is 254. The molecule has 0 aliphatic carbocycles. The number of nitrogens with one attached hydrogen (secondary N) is 1. The van der Waals surface area contributed by atoms with E-state index in [1.54, 1.807) is 0 Å². The summed E-state index contributed by atoms with van der Waals surface area (Å²) in [4.78, 5) is 4.16. The molecule has 0 bridgehead atoms. The van der Waals surface area contributed by atoms with Gasteiger partial charge in [-0.1, -0.05) is 26.8 Å². The molecule has 1 aromatic heterocycles. The Hall–Kier alpha value is -0.890. The van der Waals surface area contributed by atoms with Gasteiger partial charge >= 0.3 is 0 Å². The quantitative estimate of drug-likeness (QED) is 0.724. The lowest BCUT2D eigenvalue weighted by molar-refractivity contribution is 0.460. The van der Waals surface area contributed by atoms with E-state index in [-0.39, 0.29) is 5.41 Å². The first-order valence-electron chi connectivity index (χ1n) is 5.28. The van der Waals surface area contributed by atoms with Crippen LogP contribution in [0.1, 0.15) is 32.8 Å². The zero-order chi connectivity index (χ0) is 10.4. The van der Waals surface area contributed by atoms with E-state index in [2.05, 4.69) is 37.1 Å². The van der Waals surface area contributed by atoms with Gasteiger partial charge in [-0.3, -0.25) is 4.98 Å². The molecule has 0 atom stereocenters. The molecule has 1 aromatic rings. The summed E-state index contributed by atoms with van der Waals surface area (Å²) in [6.07, 6.45) is 4.93. The van der Waals surface area contributed by atoms with Crippen LogP contribution in [0.5, 0.6) is 0 Å². The molecule has 14 heavy (non-hydrogen) atoms. The van der Waals surface area contributed by atoms with Gasteiger partial charge in [-0.15, -0.1) is 0 Å². The van der Waals surface area contributed by atoms with Gasteiger partial charge in [-0.2, -0.15) is 0 Å². The molecule has 0 saturated heterocycles. The molecule has 1 rings (SSSR count). The van der Waals surface area contributed by atoms with Crippen LogP contribution in [0.15, 0.2) is 24.5 Å². The van der Waals surface area contributed by atoms with Crippen LogP contribution in [0, 0.1) is 0 Å². The molecule has 0 saturated carbocycles. The lowest BCUT2D eigenvalue weighted by Gasteiger charge is -2.24. The van der Waals surface area contributed by atoms with E-state index in [0.717, 1.165) is 19.5 Å². The molecule has 1 heterocycles. The Morgan fingerprint density at radius 3 is 2.79 bits per heavy atom. The molecule has 0 aliphatic heterocycles. The number of hydrogen-bond donors (Lipinski definition) is 1. The predicted octanol–water partition coefficient (Wildman–Crippen LogP) is 2.36. The van der Waals surface area contributed by atoms with E-state index >= 15 is 0 Å². The summed E-state index contributed by atoms with van der Waals surface area (Å²) in [5.74, 6) is 0. The van der Waals surface area contributed by atoms with Crippen molar-refractivity contribution in [2.24, 2.45) is 0 Å². The Kier molecular flexibility index (Phi) is 4.08. The molecular formula is C12H20N2. The predicted molar refractivity (Wildman–Crippen MR) is 60.4 cm³/mol. The van der Waals surface area contributed by atoms with Gasteiger partial charge in [0.25, 0.3) is 0 Å². The molecule has 0 aromatic carbocycles. The van der Waals surface area contributed by atoms with Crippen molar-refractivity contribution in [3.05, 3.63) is 30.1 Å². The smallest absolute Gasteiger partial charge is 0.0305 e. The Balaban J connectivity index is 2.56. The first-order chi connectivity index (χ1) is 6.67. The standard InChI is InChI=1S/C12H20N2/c1-4-13-9-7-12(2,3)11-6-5-8-14-10-11/h5-6,8,10,13H,4,7,9H2,1-3H3. The lowest BCUT2D eigenvalue weighted by atomic mass is 9.82. The summed E-state index contributed by atoms with van der Waals surface area (Å²) in [6, 6.07) is 4.16. The highest BCUT2D eigenvalue weighted by molar-refractivity contribution is 5.19. The molecule has 78 valence electrons. The first kappa shape index (κ1) is 11.2. The molecule has 0 spiro atoms. The number of hydrogen-bond acceptors (Lipinski definition) is 2. The second-order valence-corrected chi connectivity index (χ2v) is 4.23. The molecule has 0 fully saturated rings. The fourth-order valence-corrected chi connectivity index (χ4v) is 1.49. The summed E-state index contributed by atoms with van der Waals surface area (Å²) < 4.78 is 0. The van der Waals surface area contributed by atoms with Crippen molar-refractivity contribution < 1.29 is 0 Å². The minimum absolute atomic E-state index is 0.219. The van der Waals surface area contributed by atoms with Crippen molar-refractivity contribution in [1.82, 2.24) is 10.3 Å². The highest BCUT2D eigenvalue weighted by atomic mass is 14.8. The minimum atomic E-state index is 0.219. The van der Waals surface area contributed by atoms with Gasteiger partial charge in [0.1, 0.15) is 0 Å². The molecule has 0 amide bonds. The van der Waals surface area contributed by atoms with Crippen LogP contribution in [-0.4, -0.2) is 18.1 Å². The second kappa shape index (κ2) is 5.11. The van der Waals surface area contributed by atoms with Crippen molar-refractivity contribution in [3.63, 3.8) is 0 Å². The van der Waals surface area contributed by atoms with Crippen LogP contribution < -0.4 is 5.32 Å². The monoisotopic (exact) mass is 192 g/mol. The number of pyridine rings is 1. The first-order valence-corrected chi connectivity index (χ1v) is 5.28. The second-order valence-electron chi connectivity index (χ2n) is 4.23. The van der Waals surface area contributed by atoms with Crippen molar-refractivity contribution in [2.45, 2.75) is 32.6 Å². The Morgan fingerprint density at radius 2 is 2.21 bits per heavy atom. The summed E-state index contributed by atoms with van der Waals surface area (Å²) >= 11 is 0. The van der Waals surface area contributed by atoms with E-state index in [0.29, 0.717) is 0 Å². The number of rotatable bonds is 5. The summed E-state index contributed by atoms with van der Waals surface area (Å²) in [5, 5.41) is 3.35. The van der Waals surface area contributed by atoms with Gasteiger partial charge in [0.2, 0.25) is 0 Å². The zero-order valence-corrected chi connectivity index (χ0v) is 9.38.